The van der Waals surface area contributed by atoms with Gasteiger partial charge in [-0.1, -0.05) is 80.8 Å². The average molecular weight is 413 g/mol. The third-order valence-corrected chi connectivity index (χ3v) is 5.83. The molecule has 1 N–H and O–H groups in total. The largest absolute Gasteiger partial charge is 0.300 e. The number of hydrogen-bond acceptors (Lipinski definition) is 3. The number of anilines is 1. The van der Waals surface area contributed by atoms with Crippen LogP contribution in [-0.4, -0.2) is 10.9 Å². The SMILES string of the molecule is CCCCCCc1ccc(-c2csc(NC(=O)[C@H](Cl)c3ccccc3)n2)cc1. The van der Waals surface area contributed by atoms with Crippen molar-refractivity contribution in [3.63, 3.8) is 0 Å². The molecule has 3 rings (SSSR count). The molecule has 3 aromatic rings. The average Bonchev–Trinajstić information content (AvgIpc) is 3.20. The minimum atomic E-state index is -0.736. The Labute approximate surface area is 175 Å². The summed E-state index contributed by atoms with van der Waals surface area (Å²) < 4.78 is 0. The molecule has 0 fully saturated rings. The van der Waals surface area contributed by atoms with Crippen LogP contribution in [0, 0.1) is 0 Å². The normalized spacial score (nSPS) is 11.9. The van der Waals surface area contributed by atoms with Crippen LogP contribution in [0.5, 0.6) is 0 Å². The minimum absolute atomic E-state index is 0.267. The van der Waals surface area contributed by atoms with Gasteiger partial charge in [0.1, 0.15) is 5.38 Å². The molecule has 146 valence electrons. The number of carbonyl (C=O) groups is 1. The third-order valence-electron chi connectivity index (χ3n) is 4.63. The van der Waals surface area contributed by atoms with Crippen LogP contribution in [0.25, 0.3) is 11.3 Å². The molecule has 0 radical (unpaired) electrons. The monoisotopic (exact) mass is 412 g/mol. The highest BCUT2D eigenvalue weighted by molar-refractivity contribution is 7.14. The second kappa shape index (κ2) is 10.4. The smallest absolute Gasteiger partial charge is 0.248 e. The fourth-order valence-corrected chi connectivity index (χ4v) is 3.93. The number of nitrogens with zero attached hydrogens (tertiary/aromatic N) is 1. The van der Waals surface area contributed by atoms with Gasteiger partial charge in [0.15, 0.2) is 5.13 Å². The lowest BCUT2D eigenvalue weighted by Crippen LogP contribution is -2.17. The van der Waals surface area contributed by atoms with Crippen molar-refractivity contribution >= 4 is 34.0 Å². The molecule has 0 saturated carbocycles. The zero-order chi connectivity index (χ0) is 19.8. The second-order valence-electron chi connectivity index (χ2n) is 6.81. The lowest BCUT2D eigenvalue weighted by atomic mass is 10.0. The summed E-state index contributed by atoms with van der Waals surface area (Å²) in [4.78, 5) is 16.9. The Morgan fingerprint density at radius 3 is 2.54 bits per heavy atom. The highest BCUT2D eigenvalue weighted by atomic mass is 35.5. The highest BCUT2D eigenvalue weighted by Gasteiger charge is 2.18. The van der Waals surface area contributed by atoms with E-state index >= 15 is 0 Å². The molecule has 1 aromatic heterocycles. The van der Waals surface area contributed by atoms with Crippen molar-refractivity contribution in [3.8, 4) is 11.3 Å². The molecule has 0 saturated heterocycles. The zero-order valence-corrected chi connectivity index (χ0v) is 17.6. The van der Waals surface area contributed by atoms with Crippen LogP contribution in [0.15, 0.2) is 60.0 Å². The maximum absolute atomic E-state index is 12.4. The van der Waals surface area contributed by atoms with Crippen molar-refractivity contribution in [3.05, 3.63) is 71.1 Å². The van der Waals surface area contributed by atoms with Gasteiger partial charge in [-0.05, 0) is 24.0 Å². The van der Waals surface area contributed by atoms with Crippen LogP contribution in [0.4, 0.5) is 5.13 Å². The Kier molecular flexibility index (Phi) is 7.63. The predicted octanol–water partition coefficient (Wildman–Crippen LogP) is 6.85. The van der Waals surface area contributed by atoms with E-state index in [4.69, 9.17) is 11.6 Å². The number of rotatable bonds is 9. The van der Waals surface area contributed by atoms with Crippen molar-refractivity contribution in [1.29, 1.82) is 0 Å². The van der Waals surface area contributed by atoms with E-state index in [-0.39, 0.29) is 5.91 Å². The summed E-state index contributed by atoms with van der Waals surface area (Å²) in [7, 11) is 0. The van der Waals surface area contributed by atoms with Crippen LogP contribution in [0.3, 0.4) is 0 Å². The lowest BCUT2D eigenvalue weighted by Gasteiger charge is -2.08. The van der Waals surface area contributed by atoms with Crippen LogP contribution in [0.2, 0.25) is 0 Å². The first-order valence-electron chi connectivity index (χ1n) is 9.72. The summed E-state index contributed by atoms with van der Waals surface area (Å²) in [5.74, 6) is -0.267. The molecule has 0 spiro atoms. The molecule has 2 aromatic carbocycles. The number of amides is 1. The van der Waals surface area contributed by atoms with E-state index in [0.717, 1.165) is 23.2 Å². The summed E-state index contributed by atoms with van der Waals surface area (Å²) in [5.41, 5.74) is 4.05. The van der Waals surface area contributed by atoms with Gasteiger partial charge in [0, 0.05) is 10.9 Å². The van der Waals surface area contributed by atoms with Crippen LogP contribution < -0.4 is 5.32 Å². The summed E-state index contributed by atoms with van der Waals surface area (Å²) in [6.07, 6.45) is 6.21. The van der Waals surface area contributed by atoms with Gasteiger partial charge in [0.25, 0.3) is 0 Å². The Bertz CT molecular complexity index is 877. The number of carbonyl (C=O) groups excluding carboxylic acids is 1. The summed E-state index contributed by atoms with van der Waals surface area (Å²) in [6, 6.07) is 17.9. The van der Waals surface area contributed by atoms with Crippen LogP contribution in [0.1, 0.15) is 49.1 Å². The Balaban J connectivity index is 1.58. The first kappa shape index (κ1) is 20.6. The number of benzene rings is 2. The summed E-state index contributed by atoms with van der Waals surface area (Å²) >= 11 is 7.68. The molecule has 0 bridgehead atoms. The maximum Gasteiger partial charge on any atom is 0.248 e. The molecular formula is C23H25ClN2OS. The van der Waals surface area contributed by atoms with E-state index in [1.165, 1.54) is 42.6 Å². The third kappa shape index (κ3) is 5.66. The molecular weight excluding hydrogens is 388 g/mol. The van der Waals surface area contributed by atoms with Gasteiger partial charge in [-0.15, -0.1) is 22.9 Å². The minimum Gasteiger partial charge on any atom is -0.300 e. The van der Waals surface area contributed by atoms with Crippen molar-refractivity contribution in [1.82, 2.24) is 4.98 Å². The van der Waals surface area contributed by atoms with Gasteiger partial charge >= 0.3 is 0 Å². The molecule has 0 aliphatic heterocycles. The number of hydrogen-bond donors (Lipinski definition) is 1. The van der Waals surface area contributed by atoms with Gasteiger partial charge < -0.3 is 5.32 Å². The lowest BCUT2D eigenvalue weighted by molar-refractivity contribution is -0.116. The molecule has 5 heteroatoms. The quantitative estimate of drug-likeness (QED) is 0.308. The fourth-order valence-electron chi connectivity index (χ4n) is 3.00. The van der Waals surface area contributed by atoms with Crippen LogP contribution >= 0.6 is 22.9 Å². The first-order valence-corrected chi connectivity index (χ1v) is 11.0. The zero-order valence-electron chi connectivity index (χ0n) is 16.0. The van der Waals surface area contributed by atoms with Gasteiger partial charge in [-0.3, -0.25) is 4.79 Å². The molecule has 0 aliphatic carbocycles. The predicted molar refractivity (Wildman–Crippen MR) is 119 cm³/mol. The van der Waals surface area contributed by atoms with E-state index in [2.05, 4.69) is 41.5 Å². The van der Waals surface area contributed by atoms with E-state index < -0.39 is 5.38 Å². The number of aromatic nitrogens is 1. The number of alkyl halides is 1. The van der Waals surface area contributed by atoms with Gasteiger partial charge in [-0.2, -0.15) is 0 Å². The maximum atomic E-state index is 12.4. The van der Waals surface area contributed by atoms with Crippen molar-refractivity contribution in [2.24, 2.45) is 0 Å². The summed E-state index contributed by atoms with van der Waals surface area (Å²) in [6.45, 7) is 2.23. The molecule has 1 atom stereocenters. The molecule has 1 amide bonds. The van der Waals surface area contributed by atoms with Crippen LogP contribution in [-0.2, 0) is 11.2 Å². The topological polar surface area (TPSA) is 42.0 Å². The Hall–Kier alpha value is -2.17. The van der Waals surface area contributed by atoms with Crippen molar-refractivity contribution in [2.45, 2.75) is 44.4 Å². The first-order chi connectivity index (χ1) is 13.7. The number of thiazole rings is 1. The number of unbranched alkanes of at least 4 members (excludes halogenated alkanes) is 3. The Morgan fingerprint density at radius 2 is 1.82 bits per heavy atom. The molecule has 28 heavy (non-hydrogen) atoms. The fraction of sp³-hybridized carbons (Fsp3) is 0.304. The molecule has 3 nitrogen and oxygen atoms in total. The second-order valence-corrected chi connectivity index (χ2v) is 8.10. The highest BCUT2D eigenvalue weighted by Crippen LogP contribution is 2.27. The number of halogens is 1. The number of aryl methyl sites for hydroxylation is 1. The van der Waals surface area contributed by atoms with E-state index in [0.29, 0.717) is 5.13 Å². The van der Waals surface area contributed by atoms with Gasteiger partial charge in [0.2, 0.25) is 5.91 Å². The standard InChI is InChI=1S/C23H25ClN2OS/c1-2-3-4-6-9-17-12-14-18(15-13-17)20-16-28-23(25-20)26-22(27)21(24)19-10-7-5-8-11-19/h5,7-8,10-16,21H,2-4,6,9H2,1H3,(H,25,26,27)/t21-/m1/s1. The van der Waals surface area contributed by atoms with Crippen molar-refractivity contribution < 1.29 is 4.79 Å². The van der Waals surface area contributed by atoms with E-state index in [1.807, 2.05) is 35.7 Å². The van der Waals surface area contributed by atoms with E-state index in [9.17, 15) is 4.79 Å². The summed E-state index contributed by atoms with van der Waals surface area (Å²) in [5, 5.41) is 4.60. The number of nitrogens with one attached hydrogen (secondary N) is 1. The molecule has 1 heterocycles. The van der Waals surface area contributed by atoms with Crippen molar-refractivity contribution in [2.75, 3.05) is 5.32 Å². The van der Waals surface area contributed by atoms with E-state index in [1.54, 1.807) is 0 Å². The Morgan fingerprint density at radius 1 is 1.07 bits per heavy atom. The molecule has 0 unspecified atom stereocenters. The van der Waals surface area contributed by atoms with Gasteiger partial charge in [0.05, 0.1) is 5.69 Å². The molecule has 0 aliphatic rings. The van der Waals surface area contributed by atoms with Gasteiger partial charge in [-0.25, -0.2) is 4.98 Å².